The van der Waals surface area contributed by atoms with Crippen LogP contribution in [0.1, 0.15) is 31.2 Å². The van der Waals surface area contributed by atoms with Crippen molar-refractivity contribution in [3.8, 4) is 11.5 Å². The maximum absolute atomic E-state index is 10.5. The first-order chi connectivity index (χ1) is 12.5. The van der Waals surface area contributed by atoms with Crippen molar-refractivity contribution in [1.29, 1.82) is 0 Å². The van der Waals surface area contributed by atoms with Gasteiger partial charge in [0, 0.05) is 12.8 Å². The molecule has 0 spiro atoms. The fraction of sp³-hybridized carbons (Fsp3) is 0.562. The number of aliphatic hydroxyl groups excluding tert-OH is 1. The Bertz CT molecular complexity index is 653. The fourth-order valence-corrected chi connectivity index (χ4v) is 2.86. The van der Waals surface area contributed by atoms with Crippen LogP contribution in [0.4, 0.5) is 0 Å². The van der Waals surface area contributed by atoms with Crippen LogP contribution in [0.2, 0.25) is 0 Å². The molecule has 0 radical (unpaired) electrons. The number of aliphatic hydroxyl groups is 7. The van der Waals surface area contributed by atoms with E-state index in [0.717, 1.165) is 18.2 Å². The number of ether oxygens (including phenoxy) is 2. The molecule has 27 heavy (non-hydrogen) atoms. The SMILES string of the molecule is O=CNCC(O)(c1ccc(OC(O)(O)O)c(OC2(O)CCCC2)c1)C(O)O. The zero-order valence-electron chi connectivity index (χ0n) is 14.3. The molecular formula is C16H23NO10. The number of hydrogen-bond donors (Lipinski definition) is 8. The first-order valence-electron chi connectivity index (χ1n) is 8.17. The van der Waals surface area contributed by atoms with Gasteiger partial charge in [-0.25, -0.2) is 0 Å². The number of carbonyl (C=O) groups excluding carboxylic acids is 1. The van der Waals surface area contributed by atoms with E-state index in [0.29, 0.717) is 12.8 Å². The molecule has 152 valence electrons. The normalized spacial score (nSPS) is 18.8. The molecule has 1 aliphatic carbocycles. The Morgan fingerprint density at radius 3 is 2.30 bits per heavy atom. The van der Waals surface area contributed by atoms with E-state index in [1.807, 2.05) is 0 Å². The summed E-state index contributed by atoms with van der Waals surface area (Å²) in [6.45, 7) is -0.567. The lowest BCUT2D eigenvalue weighted by Gasteiger charge is -2.32. The molecule has 1 fully saturated rings. The van der Waals surface area contributed by atoms with Crippen molar-refractivity contribution in [2.45, 2.75) is 49.5 Å². The molecule has 0 aromatic heterocycles. The van der Waals surface area contributed by atoms with E-state index in [-0.39, 0.29) is 30.6 Å². The first kappa shape index (κ1) is 21.3. The van der Waals surface area contributed by atoms with Gasteiger partial charge in [0.05, 0.1) is 6.54 Å². The van der Waals surface area contributed by atoms with Crippen molar-refractivity contribution in [1.82, 2.24) is 5.32 Å². The van der Waals surface area contributed by atoms with Gasteiger partial charge in [0.2, 0.25) is 12.2 Å². The quantitative estimate of drug-likeness (QED) is 0.166. The molecule has 2 rings (SSSR count). The summed E-state index contributed by atoms with van der Waals surface area (Å²) < 4.78 is 10.0. The minimum absolute atomic E-state index is 0.143. The number of rotatable bonds is 9. The predicted octanol–water partition coefficient (Wildman–Crippen LogP) is -2.46. The summed E-state index contributed by atoms with van der Waals surface area (Å²) in [6.07, 6.45) is -3.67. The first-order valence-corrected chi connectivity index (χ1v) is 8.17. The van der Waals surface area contributed by atoms with Crippen LogP contribution in [-0.2, 0) is 10.4 Å². The molecule has 1 atom stereocenters. The van der Waals surface area contributed by atoms with Crippen LogP contribution in [0.3, 0.4) is 0 Å². The maximum Gasteiger partial charge on any atom is 0.453 e. The summed E-state index contributed by atoms with van der Waals surface area (Å²) in [4.78, 5) is 10.5. The van der Waals surface area contributed by atoms with Gasteiger partial charge in [-0.15, -0.1) is 0 Å². The van der Waals surface area contributed by atoms with E-state index in [4.69, 9.17) is 20.1 Å². The Morgan fingerprint density at radius 2 is 1.78 bits per heavy atom. The van der Waals surface area contributed by atoms with Crippen molar-refractivity contribution >= 4 is 6.41 Å². The lowest BCUT2D eigenvalue weighted by atomic mass is 9.92. The van der Waals surface area contributed by atoms with Gasteiger partial charge in [-0.1, -0.05) is 6.07 Å². The monoisotopic (exact) mass is 389 g/mol. The molecule has 11 heteroatoms. The third-order valence-electron chi connectivity index (χ3n) is 4.26. The highest BCUT2D eigenvalue weighted by molar-refractivity contribution is 5.48. The highest BCUT2D eigenvalue weighted by Crippen LogP contribution is 2.39. The Morgan fingerprint density at radius 1 is 1.15 bits per heavy atom. The second kappa shape index (κ2) is 7.94. The number of nitrogens with one attached hydrogen (secondary N) is 1. The predicted molar refractivity (Wildman–Crippen MR) is 86.7 cm³/mol. The molecule has 0 aliphatic heterocycles. The van der Waals surface area contributed by atoms with E-state index in [2.05, 4.69) is 10.1 Å². The lowest BCUT2D eigenvalue weighted by Crippen LogP contribution is -2.47. The zero-order chi connectivity index (χ0) is 20.3. The Balaban J connectivity index is 2.45. The number of amides is 1. The van der Waals surface area contributed by atoms with Gasteiger partial charge >= 0.3 is 6.16 Å². The van der Waals surface area contributed by atoms with Crippen LogP contribution in [0.15, 0.2) is 18.2 Å². The van der Waals surface area contributed by atoms with E-state index in [1.54, 1.807) is 0 Å². The average Bonchev–Trinajstić information content (AvgIpc) is 2.99. The average molecular weight is 389 g/mol. The second-order valence-electron chi connectivity index (χ2n) is 6.39. The molecule has 0 saturated heterocycles. The number of carbonyl (C=O) groups is 1. The Kier molecular flexibility index (Phi) is 6.27. The van der Waals surface area contributed by atoms with Crippen LogP contribution >= 0.6 is 0 Å². The van der Waals surface area contributed by atoms with Crippen molar-refractivity contribution in [3.63, 3.8) is 0 Å². The number of benzene rings is 1. The summed E-state index contributed by atoms with van der Waals surface area (Å²) in [7, 11) is 0. The molecule has 1 amide bonds. The molecule has 1 aromatic rings. The molecule has 1 aromatic carbocycles. The van der Waals surface area contributed by atoms with Crippen molar-refractivity contribution < 1.29 is 50.0 Å². The van der Waals surface area contributed by atoms with Gasteiger partial charge in [-0.05, 0) is 30.5 Å². The van der Waals surface area contributed by atoms with Crippen molar-refractivity contribution in [2.75, 3.05) is 6.54 Å². The standard InChI is InChI=1S/C16H23NO10/c18-9-17-8-15(22,13(19)20)10-3-4-11(27-16(23,24)25)12(7-10)26-14(21)5-1-2-6-14/h3-4,7,9,13,19-25H,1-2,5-6,8H2,(H,17,18). The minimum atomic E-state index is -3.54. The summed E-state index contributed by atoms with van der Waals surface area (Å²) in [6, 6.07) is 3.23. The van der Waals surface area contributed by atoms with Crippen LogP contribution in [0, 0.1) is 0 Å². The van der Waals surface area contributed by atoms with E-state index in [1.165, 1.54) is 0 Å². The molecule has 11 nitrogen and oxygen atoms in total. The van der Waals surface area contributed by atoms with Crippen LogP contribution in [0.25, 0.3) is 0 Å². The highest BCUT2D eigenvalue weighted by atomic mass is 16.9. The van der Waals surface area contributed by atoms with Crippen LogP contribution < -0.4 is 14.8 Å². The third-order valence-corrected chi connectivity index (χ3v) is 4.26. The summed E-state index contributed by atoms with van der Waals surface area (Å²) in [5.74, 6) is -2.29. The molecule has 0 heterocycles. The molecule has 0 bridgehead atoms. The van der Waals surface area contributed by atoms with Crippen molar-refractivity contribution in [3.05, 3.63) is 23.8 Å². The van der Waals surface area contributed by atoms with Gasteiger partial charge < -0.3 is 50.5 Å². The van der Waals surface area contributed by atoms with Crippen LogP contribution in [-0.4, -0.2) is 66.9 Å². The third kappa shape index (κ3) is 5.26. The maximum atomic E-state index is 10.5. The van der Waals surface area contributed by atoms with Gasteiger partial charge in [-0.3, -0.25) is 4.79 Å². The van der Waals surface area contributed by atoms with Gasteiger partial charge in [0.1, 0.15) is 0 Å². The summed E-state index contributed by atoms with van der Waals surface area (Å²) >= 11 is 0. The summed E-state index contributed by atoms with van der Waals surface area (Å²) in [5, 5.41) is 69.3. The van der Waals surface area contributed by atoms with Gasteiger partial charge in [0.15, 0.2) is 23.4 Å². The van der Waals surface area contributed by atoms with Gasteiger partial charge in [0.25, 0.3) is 0 Å². The molecular weight excluding hydrogens is 366 g/mol. The molecule has 1 aliphatic rings. The smallest absolute Gasteiger partial charge is 0.453 e. The second-order valence-corrected chi connectivity index (χ2v) is 6.39. The van der Waals surface area contributed by atoms with Crippen molar-refractivity contribution in [2.24, 2.45) is 0 Å². The highest BCUT2D eigenvalue weighted by Gasteiger charge is 2.39. The zero-order valence-corrected chi connectivity index (χ0v) is 14.3. The minimum Gasteiger partial charge on any atom is -0.459 e. The largest absolute Gasteiger partial charge is 0.459 e. The topological polar surface area (TPSA) is 189 Å². The lowest BCUT2D eigenvalue weighted by molar-refractivity contribution is -0.420. The summed E-state index contributed by atoms with van der Waals surface area (Å²) in [5.41, 5.74) is -2.49. The molecule has 1 unspecified atom stereocenters. The number of hydrogen-bond acceptors (Lipinski definition) is 10. The molecule has 1 saturated carbocycles. The van der Waals surface area contributed by atoms with Crippen LogP contribution in [0.5, 0.6) is 11.5 Å². The van der Waals surface area contributed by atoms with Gasteiger partial charge in [-0.2, -0.15) is 0 Å². The fourth-order valence-electron chi connectivity index (χ4n) is 2.86. The van der Waals surface area contributed by atoms with E-state index < -0.39 is 36.1 Å². The Labute approximate surface area is 154 Å². The van der Waals surface area contributed by atoms with E-state index in [9.17, 15) is 25.2 Å². The molecule has 8 N–H and O–H groups in total. The van der Waals surface area contributed by atoms with E-state index >= 15 is 0 Å². The Hall–Kier alpha value is -1.99.